The van der Waals surface area contributed by atoms with Crippen molar-refractivity contribution in [1.29, 1.82) is 0 Å². The minimum atomic E-state index is -2.65. The molecule has 6 aliphatic rings. The topological polar surface area (TPSA) is 369 Å². The fourth-order valence-corrected chi connectivity index (χ4v) is 12.8. The SMILES string of the molecule is CCOC(=O)c1csc(-c2nc(NC3CCC(F)(F)CC3)cc(OC3CN(C(=O)OC)C3)n2)n1.COC(=O)N1CC(Oc2cc(NC3CCC(F)(F)CC3)nc(-c3nc(C(=O)O)cs3)n2)C1.COC(=O)N1CC(Oc2cc(NC3CCC(F)(F)CC3)nc(-c3nc(C(=O)O)cs3)n2)C1. The zero-order chi connectivity index (χ0) is 70.1. The van der Waals surface area contributed by atoms with Crippen molar-refractivity contribution in [1.82, 2.24) is 59.6 Å². The fraction of sp³-hybridized carbons (Fsp3) is 0.542. The van der Waals surface area contributed by atoms with Gasteiger partial charge in [-0.1, -0.05) is 0 Å². The van der Waals surface area contributed by atoms with E-state index in [-0.39, 0.29) is 144 Å². The van der Waals surface area contributed by atoms with Gasteiger partial charge in [0.15, 0.2) is 49.6 Å². The number of alkyl halides is 6. The number of methoxy groups -OCH3 is 3. The molecule has 0 unspecified atom stereocenters. The van der Waals surface area contributed by atoms with Crippen molar-refractivity contribution >= 4 is 87.7 Å². The number of thiazole rings is 3. The van der Waals surface area contributed by atoms with Crippen LogP contribution < -0.4 is 30.2 Å². The Morgan fingerprint density at radius 1 is 0.459 bits per heavy atom. The van der Waals surface area contributed by atoms with Gasteiger partial charge in [0, 0.05) is 91.0 Å². The van der Waals surface area contributed by atoms with Crippen LogP contribution in [0.2, 0.25) is 0 Å². The lowest BCUT2D eigenvalue weighted by molar-refractivity contribution is -0.0366. The molecular formula is C59H67F6N15O15S3. The molecule has 3 aliphatic heterocycles. The molecule has 0 atom stereocenters. The minimum Gasteiger partial charge on any atom is -0.476 e. The summed E-state index contributed by atoms with van der Waals surface area (Å²) in [5.74, 6) is -8.44. The lowest BCUT2D eigenvalue weighted by Crippen LogP contribution is -2.56. The lowest BCUT2D eigenvalue weighted by atomic mass is 9.92. The van der Waals surface area contributed by atoms with Crippen molar-refractivity contribution in [2.24, 2.45) is 0 Å². The van der Waals surface area contributed by atoms with E-state index in [1.165, 1.54) is 58.1 Å². The van der Waals surface area contributed by atoms with Gasteiger partial charge < -0.3 is 74.0 Å². The summed E-state index contributed by atoms with van der Waals surface area (Å²) in [6, 6.07) is 4.17. The van der Waals surface area contributed by atoms with Crippen LogP contribution >= 0.6 is 34.0 Å². The number of aromatic nitrogens is 9. The van der Waals surface area contributed by atoms with E-state index in [1.54, 1.807) is 30.5 Å². The molecule has 3 amide bonds. The normalized spacial score (nSPS) is 18.5. The van der Waals surface area contributed by atoms with Gasteiger partial charge in [-0.15, -0.1) is 34.0 Å². The maximum atomic E-state index is 13.5. The number of carbonyl (C=O) groups excluding carboxylic acids is 4. The van der Waals surface area contributed by atoms with Crippen molar-refractivity contribution in [3.63, 3.8) is 0 Å². The van der Waals surface area contributed by atoms with Crippen LogP contribution in [0.3, 0.4) is 0 Å². The number of anilines is 3. The van der Waals surface area contributed by atoms with Crippen molar-refractivity contribution < 1.29 is 98.5 Å². The van der Waals surface area contributed by atoms with Crippen LogP contribution in [0.4, 0.5) is 58.2 Å². The predicted octanol–water partition coefficient (Wildman–Crippen LogP) is 9.83. The van der Waals surface area contributed by atoms with E-state index >= 15 is 0 Å². The third kappa shape index (κ3) is 19.1. The second-order valence-corrected chi connectivity index (χ2v) is 25.9. The minimum absolute atomic E-state index is 0.128. The number of amides is 3. The number of nitrogens with one attached hydrogen (secondary N) is 3. The monoisotopic (exact) mass is 1440 g/mol. The van der Waals surface area contributed by atoms with Crippen LogP contribution in [0.1, 0.15) is 115 Å². The summed E-state index contributed by atoms with van der Waals surface area (Å²) in [5, 5.41) is 33.0. The Labute approximate surface area is 566 Å². The Balaban J connectivity index is 0.000000159. The van der Waals surface area contributed by atoms with Gasteiger partial charge in [0.05, 0.1) is 67.2 Å². The summed E-state index contributed by atoms with van der Waals surface area (Å²) in [6.07, 6.45) is -1.63. The first-order chi connectivity index (χ1) is 46.7. The molecule has 3 saturated heterocycles. The largest absolute Gasteiger partial charge is 0.476 e. The number of esters is 1. The third-order valence-electron chi connectivity index (χ3n) is 16.0. The number of nitrogens with zero attached hydrogens (tertiary/aromatic N) is 12. The van der Waals surface area contributed by atoms with E-state index < -0.39 is 54.0 Å². The van der Waals surface area contributed by atoms with Gasteiger partial charge in [-0.05, 0) is 45.4 Å². The maximum Gasteiger partial charge on any atom is 0.409 e. The molecule has 98 heavy (non-hydrogen) atoms. The van der Waals surface area contributed by atoms with Gasteiger partial charge in [0.1, 0.15) is 35.8 Å². The molecule has 30 nitrogen and oxygen atoms in total. The molecule has 12 rings (SSSR count). The zero-order valence-electron chi connectivity index (χ0n) is 52.9. The van der Waals surface area contributed by atoms with E-state index in [9.17, 15) is 55.1 Å². The number of aromatic carboxylic acids is 2. The van der Waals surface area contributed by atoms with Crippen LogP contribution in [-0.4, -0.2) is 227 Å². The standard InChI is InChI=1S/C21H25F2N5O5S.2C19H21F2N5O5S/c1-3-32-19(29)14-11-34-18(25-14)17-26-15(24-12-4-6-21(22,23)7-5-12)8-16(27-17)33-13-9-28(10-13)20(30)31-2;2*1-30-18(29)26-7-11(8-26)31-14-6-13(22-10-2-4-19(20,21)5-3-10)24-15(25-14)16-23-12(9-32-16)17(27)28/h8,11-13H,3-7,9-10H2,1-2H3,(H,24,26,27);2*6,9-11H,2-5,7-8H2,1H3,(H,27,28)(H,22,24,25). The van der Waals surface area contributed by atoms with E-state index in [0.29, 0.717) is 100 Å². The quantitative estimate of drug-likeness (QED) is 0.0286. The summed E-state index contributed by atoms with van der Waals surface area (Å²) >= 11 is 3.32. The van der Waals surface area contributed by atoms with Crippen LogP contribution in [0, 0.1) is 0 Å². The average molecular weight is 1440 g/mol. The zero-order valence-corrected chi connectivity index (χ0v) is 55.4. The molecule has 39 heteroatoms. The number of hydrogen-bond acceptors (Lipinski definition) is 28. The second kappa shape index (κ2) is 31.1. The molecule has 0 bridgehead atoms. The number of halogens is 6. The number of carboxylic acid groups (broad SMARTS) is 2. The van der Waals surface area contributed by atoms with Crippen molar-refractivity contribution in [2.75, 3.05) is 83.2 Å². The number of carbonyl (C=O) groups is 6. The molecule has 3 aliphatic carbocycles. The fourth-order valence-electron chi connectivity index (χ4n) is 10.7. The Morgan fingerprint density at radius 3 is 0.990 bits per heavy atom. The van der Waals surface area contributed by atoms with E-state index in [1.807, 2.05) is 0 Å². The number of rotatable bonds is 19. The van der Waals surface area contributed by atoms with Gasteiger partial charge in [0.2, 0.25) is 35.4 Å². The number of ether oxygens (including phenoxy) is 7. The summed E-state index contributed by atoms with van der Waals surface area (Å²) < 4.78 is 118. The van der Waals surface area contributed by atoms with Crippen LogP contribution in [0.15, 0.2) is 34.3 Å². The molecule has 0 radical (unpaired) electrons. The highest BCUT2D eigenvalue weighted by Crippen LogP contribution is 2.39. The molecule has 5 N–H and O–H groups in total. The van der Waals surface area contributed by atoms with Gasteiger partial charge in [0.25, 0.3) is 0 Å². The summed E-state index contributed by atoms with van der Waals surface area (Å²) in [5.41, 5.74) is -0.109. The number of hydrogen-bond donors (Lipinski definition) is 5. The van der Waals surface area contributed by atoms with Crippen LogP contribution in [-0.2, 0) is 18.9 Å². The third-order valence-corrected chi connectivity index (χ3v) is 18.5. The Kier molecular flexibility index (Phi) is 22.7. The Bertz CT molecular complexity index is 3650. The van der Waals surface area contributed by atoms with Gasteiger partial charge in [-0.2, -0.15) is 15.0 Å². The number of likely N-dealkylation sites (tertiary alicyclic amines) is 3. The number of carboxylic acids is 2. The van der Waals surface area contributed by atoms with Gasteiger partial charge >= 0.3 is 36.2 Å². The van der Waals surface area contributed by atoms with Crippen molar-refractivity contribution in [2.45, 2.75) is 138 Å². The van der Waals surface area contributed by atoms with Gasteiger partial charge in [-0.25, -0.2) is 85.0 Å². The summed E-state index contributed by atoms with van der Waals surface area (Å²) in [4.78, 5) is 112. The van der Waals surface area contributed by atoms with Crippen LogP contribution in [0.5, 0.6) is 17.6 Å². The first kappa shape index (κ1) is 71.5. The first-order valence-corrected chi connectivity index (χ1v) is 33.4. The molecular weight excluding hydrogens is 1370 g/mol. The molecule has 9 heterocycles. The lowest BCUT2D eigenvalue weighted by Gasteiger charge is -2.37. The maximum absolute atomic E-state index is 13.5. The predicted molar refractivity (Wildman–Crippen MR) is 337 cm³/mol. The van der Waals surface area contributed by atoms with Crippen LogP contribution in [0.25, 0.3) is 32.5 Å². The van der Waals surface area contributed by atoms with E-state index in [0.717, 1.165) is 22.7 Å². The van der Waals surface area contributed by atoms with Gasteiger partial charge in [-0.3, -0.25) is 0 Å². The average Bonchev–Trinajstić information content (AvgIpc) is 1.35. The highest BCUT2D eigenvalue weighted by atomic mass is 32.1. The molecule has 528 valence electrons. The Morgan fingerprint density at radius 2 is 0.735 bits per heavy atom. The second-order valence-electron chi connectivity index (χ2n) is 23.4. The highest BCUT2D eigenvalue weighted by molar-refractivity contribution is 7.13. The Hall–Kier alpha value is -9.27. The van der Waals surface area contributed by atoms with Crippen molar-refractivity contribution in [3.8, 4) is 50.1 Å². The van der Waals surface area contributed by atoms with Crippen molar-refractivity contribution in [3.05, 3.63) is 51.4 Å². The molecule has 0 aromatic carbocycles. The molecule has 6 aromatic rings. The van der Waals surface area contributed by atoms with E-state index in [2.05, 4.69) is 75.0 Å². The molecule has 6 fully saturated rings. The molecule has 0 spiro atoms. The first-order valence-electron chi connectivity index (χ1n) is 30.8. The summed E-state index contributed by atoms with van der Waals surface area (Å²) in [7, 11) is 3.91. The molecule has 6 aromatic heterocycles. The highest BCUT2D eigenvalue weighted by Gasteiger charge is 2.40. The van der Waals surface area contributed by atoms with E-state index in [4.69, 9.17) is 29.2 Å². The molecule has 3 saturated carbocycles. The summed E-state index contributed by atoms with van der Waals surface area (Å²) in [6.45, 7) is 3.92. The smallest absolute Gasteiger partial charge is 0.409 e.